The summed E-state index contributed by atoms with van der Waals surface area (Å²) in [7, 11) is 0. The van der Waals surface area contributed by atoms with Crippen LogP contribution in [0.3, 0.4) is 0 Å². The second-order valence-electron chi connectivity index (χ2n) is 7.02. The van der Waals surface area contributed by atoms with E-state index in [4.69, 9.17) is 9.26 Å². The summed E-state index contributed by atoms with van der Waals surface area (Å²) in [4.78, 5) is 19.2. The molecule has 2 fully saturated rings. The molecule has 7 heteroatoms. The SMILES string of the molecule is O=C([C@@H]1Cc2cc(F)ccc2O1)N1CCC[C@H]1c1noc(C2CC2)n1. The molecule has 0 radical (unpaired) electrons. The van der Waals surface area contributed by atoms with Crippen LogP contribution in [0.2, 0.25) is 0 Å². The first kappa shape index (κ1) is 14.9. The fourth-order valence-electron chi connectivity index (χ4n) is 3.72. The number of hydrogen-bond acceptors (Lipinski definition) is 5. The van der Waals surface area contributed by atoms with E-state index in [1.54, 1.807) is 11.0 Å². The molecule has 1 saturated heterocycles. The molecule has 1 aromatic heterocycles. The summed E-state index contributed by atoms with van der Waals surface area (Å²) in [6, 6.07) is 4.21. The first-order chi connectivity index (χ1) is 12.2. The lowest BCUT2D eigenvalue weighted by atomic mass is 10.1. The van der Waals surface area contributed by atoms with Gasteiger partial charge in [0, 0.05) is 24.4 Å². The Labute approximate surface area is 144 Å². The molecule has 0 bridgehead atoms. The number of likely N-dealkylation sites (tertiary alicyclic amines) is 1. The van der Waals surface area contributed by atoms with Crippen molar-refractivity contribution in [2.75, 3.05) is 6.54 Å². The zero-order valence-electron chi connectivity index (χ0n) is 13.7. The smallest absolute Gasteiger partial charge is 0.264 e. The maximum absolute atomic E-state index is 13.4. The highest BCUT2D eigenvalue weighted by Crippen LogP contribution is 2.40. The zero-order chi connectivity index (χ0) is 17.0. The summed E-state index contributed by atoms with van der Waals surface area (Å²) < 4.78 is 24.5. The molecule has 2 aliphatic heterocycles. The summed E-state index contributed by atoms with van der Waals surface area (Å²) in [5, 5.41) is 4.10. The number of benzene rings is 1. The van der Waals surface area contributed by atoms with Gasteiger partial charge in [0.05, 0.1) is 6.04 Å². The molecule has 0 unspecified atom stereocenters. The van der Waals surface area contributed by atoms with Crippen molar-refractivity contribution >= 4 is 5.91 Å². The molecule has 2 aromatic rings. The molecule has 1 saturated carbocycles. The normalized spacial score (nSPS) is 25.1. The first-order valence-electron chi connectivity index (χ1n) is 8.78. The van der Waals surface area contributed by atoms with Crippen molar-refractivity contribution in [1.29, 1.82) is 0 Å². The van der Waals surface area contributed by atoms with Crippen LogP contribution in [-0.2, 0) is 11.2 Å². The molecule has 0 spiro atoms. The average Bonchev–Trinajstić information content (AvgIpc) is 3.04. The summed E-state index contributed by atoms with van der Waals surface area (Å²) in [6.45, 7) is 0.654. The minimum atomic E-state index is -0.604. The standard InChI is InChI=1S/C18H18FN3O3/c19-12-5-6-14-11(8-12)9-15(24-14)18(23)22-7-1-2-13(22)16-20-17(25-21-16)10-3-4-10/h5-6,8,10,13,15H,1-4,7,9H2/t13-,15-/m0/s1. The number of carbonyl (C=O) groups is 1. The maximum Gasteiger partial charge on any atom is 0.264 e. The number of hydrogen-bond donors (Lipinski definition) is 0. The van der Waals surface area contributed by atoms with Crippen LogP contribution >= 0.6 is 0 Å². The van der Waals surface area contributed by atoms with Crippen LogP contribution in [0.15, 0.2) is 22.7 Å². The van der Waals surface area contributed by atoms with E-state index in [2.05, 4.69) is 10.1 Å². The molecule has 3 aliphatic rings. The average molecular weight is 343 g/mol. The van der Waals surface area contributed by atoms with Crippen molar-refractivity contribution < 1.29 is 18.4 Å². The highest BCUT2D eigenvalue weighted by Gasteiger charge is 2.40. The number of carbonyl (C=O) groups excluding carboxylic acids is 1. The van der Waals surface area contributed by atoms with Crippen LogP contribution in [0.4, 0.5) is 4.39 Å². The van der Waals surface area contributed by atoms with Crippen LogP contribution in [0.25, 0.3) is 0 Å². The van der Waals surface area contributed by atoms with Crippen LogP contribution in [0.1, 0.15) is 54.9 Å². The minimum Gasteiger partial charge on any atom is -0.480 e. The number of fused-ring (bicyclic) bond motifs is 1. The fraction of sp³-hybridized carbons (Fsp3) is 0.500. The monoisotopic (exact) mass is 343 g/mol. The van der Waals surface area contributed by atoms with E-state index in [1.807, 2.05) is 0 Å². The molecule has 1 aliphatic carbocycles. The lowest BCUT2D eigenvalue weighted by molar-refractivity contribution is -0.139. The van der Waals surface area contributed by atoms with E-state index < -0.39 is 6.10 Å². The van der Waals surface area contributed by atoms with Gasteiger partial charge in [0.1, 0.15) is 11.6 Å². The van der Waals surface area contributed by atoms with Crippen LogP contribution in [0.5, 0.6) is 5.75 Å². The van der Waals surface area contributed by atoms with Gasteiger partial charge < -0.3 is 14.2 Å². The predicted molar refractivity (Wildman–Crippen MR) is 84.5 cm³/mol. The van der Waals surface area contributed by atoms with Gasteiger partial charge in [0.25, 0.3) is 5.91 Å². The number of nitrogens with zero attached hydrogens (tertiary/aromatic N) is 3. The summed E-state index contributed by atoms with van der Waals surface area (Å²) in [5.41, 5.74) is 0.740. The molecule has 0 N–H and O–H groups in total. The number of rotatable bonds is 3. The fourth-order valence-corrected chi connectivity index (χ4v) is 3.72. The third-order valence-electron chi connectivity index (χ3n) is 5.19. The third kappa shape index (κ3) is 2.58. The van der Waals surface area contributed by atoms with Crippen LogP contribution < -0.4 is 4.74 Å². The highest BCUT2D eigenvalue weighted by atomic mass is 19.1. The molecular formula is C18H18FN3O3. The topological polar surface area (TPSA) is 68.5 Å². The number of ether oxygens (including phenoxy) is 1. The Bertz CT molecular complexity index is 833. The minimum absolute atomic E-state index is 0.0862. The van der Waals surface area contributed by atoms with E-state index in [-0.39, 0.29) is 17.8 Å². The van der Waals surface area contributed by atoms with Crippen molar-refractivity contribution in [2.45, 2.75) is 50.2 Å². The van der Waals surface area contributed by atoms with Crippen molar-refractivity contribution in [3.8, 4) is 5.75 Å². The van der Waals surface area contributed by atoms with Gasteiger partial charge in [-0.3, -0.25) is 4.79 Å². The third-order valence-corrected chi connectivity index (χ3v) is 5.19. The molecule has 25 heavy (non-hydrogen) atoms. The molecule has 1 aromatic carbocycles. The molecule has 6 nitrogen and oxygen atoms in total. The Hall–Kier alpha value is -2.44. The van der Waals surface area contributed by atoms with Crippen molar-refractivity contribution in [3.63, 3.8) is 0 Å². The second kappa shape index (κ2) is 5.54. The van der Waals surface area contributed by atoms with Crippen molar-refractivity contribution in [2.24, 2.45) is 0 Å². The molecule has 130 valence electrons. The Balaban J connectivity index is 1.34. The van der Waals surface area contributed by atoms with E-state index in [9.17, 15) is 9.18 Å². The Morgan fingerprint density at radius 1 is 1.28 bits per heavy atom. The number of amides is 1. The number of aromatic nitrogens is 2. The van der Waals surface area contributed by atoms with Gasteiger partial charge in [-0.05, 0) is 43.9 Å². The van der Waals surface area contributed by atoms with E-state index >= 15 is 0 Å². The Kier molecular flexibility index (Phi) is 3.29. The van der Waals surface area contributed by atoms with Gasteiger partial charge >= 0.3 is 0 Å². The second-order valence-corrected chi connectivity index (χ2v) is 7.02. The quantitative estimate of drug-likeness (QED) is 0.857. The lowest BCUT2D eigenvalue weighted by Gasteiger charge is -2.25. The largest absolute Gasteiger partial charge is 0.480 e. The molecule has 2 atom stereocenters. The van der Waals surface area contributed by atoms with Gasteiger partial charge in [-0.2, -0.15) is 4.98 Å². The molecule has 1 amide bonds. The molecule has 5 rings (SSSR count). The van der Waals surface area contributed by atoms with Gasteiger partial charge in [0.2, 0.25) is 5.89 Å². The number of halogens is 1. The zero-order valence-corrected chi connectivity index (χ0v) is 13.7. The molecule has 3 heterocycles. The van der Waals surface area contributed by atoms with E-state index in [0.717, 1.165) is 31.2 Å². The van der Waals surface area contributed by atoms with Crippen molar-refractivity contribution in [1.82, 2.24) is 15.0 Å². The summed E-state index contributed by atoms with van der Waals surface area (Å²) in [6.07, 6.45) is 3.71. The molecular weight excluding hydrogens is 325 g/mol. The summed E-state index contributed by atoms with van der Waals surface area (Å²) >= 11 is 0. The first-order valence-corrected chi connectivity index (χ1v) is 8.78. The van der Waals surface area contributed by atoms with Gasteiger partial charge in [-0.15, -0.1) is 0 Å². The van der Waals surface area contributed by atoms with Crippen molar-refractivity contribution in [3.05, 3.63) is 41.3 Å². The van der Waals surface area contributed by atoms with Gasteiger partial charge in [-0.1, -0.05) is 5.16 Å². The van der Waals surface area contributed by atoms with Crippen LogP contribution in [-0.4, -0.2) is 33.6 Å². The summed E-state index contributed by atoms with van der Waals surface area (Å²) in [5.74, 6) is 1.87. The predicted octanol–water partition coefficient (Wildman–Crippen LogP) is 2.75. The lowest BCUT2D eigenvalue weighted by Crippen LogP contribution is -2.41. The van der Waals surface area contributed by atoms with E-state index in [1.165, 1.54) is 12.1 Å². The Morgan fingerprint density at radius 2 is 2.16 bits per heavy atom. The van der Waals surface area contributed by atoms with Gasteiger partial charge in [0.15, 0.2) is 11.9 Å². The Morgan fingerprint density at radius 3 is 3.00 bits per heavy atom. The van der Waals surface area contributed by atoms with E-state index in [0.29, 0.717) is 36.3 Å². The highest BCUT2D eigenvalue weighted by molar-refractivity contribution is 5.83. The maximum atomic E-state index is 13.4. The van der Waals surface area contributed by atoms with Crippen LogP contribution in [0, 0.1) is 5.82 Å². The van der Waals surface area contributed by atoms with Gasteiger partial charge in [-0.25, -0.2) is 4.39 Å².